The van der Waals surface area contributed by atoms with E-state index in [1.165, 1.54) is 0 Å². The van der Waals surface area contributed by atoms with E-state index in [0.29, 0.717) is 43.1 Å². The highest BCUT2D eigenvalue weighted by atomic mass is 16.5. The third kappa shape index (κ3) is 3.42. The lowest BCUT2D eigenvalue weighted by atomic mass is 10.0. The Morgan fingerprint density at radius 2 is 1.76 bits per heavy atom. The van der Waals surface area contributed by atoms with Crippen molar-refractivity contribution < 1.29 is 19.1 Å². The molecule has 0 spiro atoms. The van der Waals surface area contributed by atoms with Crippen LogP contribution in [0.5, 0.6) is 11.5 Å². The molecule has 1 saturated heterocycles. The molecule has 2 amide bonds. The van der Waals surface area contributed by atoms with Crippen molar-refractivity contribution in [3.63, 3.8) is 0 Å². The van der Waals surface area contributed by atoms with Crippen molar-refractivity contribution in [3.05, 3.63) is 18.2 Å². The molecule has 1 aliphatic carbocycles. The molecule has 136 valence electrons. The summed E-state index contributed by atoms with van der Waals surface area (Å²) in [6.07, 6.45) is 1.19. The third-order valence-electron chi connectivity index (χ3n) is 5.04. The summed E-state index contributed by atoms with van der Waals surface area (Å²) in [6, 6.07) is 5.19. The van der Waals surface area contributed by atoms with E-state index in [0.717, 1.165) is 13.1 Å². The zero-order chi connectivity index (χ0) is 18.0. The second kappa shape index (κ2) is 6.92. The SMILES string of the molecule is COc1ccc(OC)c(NC(=O)C2(C(=O)N3CCN(C)CC3)CC2)c1. The molecule has 1 saturated carbocycles. The molecule has 2 fully saturated rings. The number of ether oxygens (including phenoxy) is 2. The Bertz CT molecular complexity index is 664. The van der Waals surface area contributed by atoms with E-state index >= 15 is 0 Å². The summed E-state index contributed by atoms with van der Waals surface area (Å²) in [4.78, 5) is 29.7. The summed E-state index contributed by atoms with van der Waals surface area (Å²) < 4.78 is 10.5. The number of likely N-dealkylation sites (N-methyl/N-ethyl adjacent to an activating group) is 1. The second-order valence-corrected chi connectivity index (χ2v) is 6.70. The molecule has 1 heterocycles. The molecule has 3 rings (SSSR count). The quantitative estimate of drug-likeness (QED) is 0.811. The molecular weight excluding hydrogens is 322 g/mol. The molecule has 0 unspecified atom stereocenters. The van der Waals surface area contributed by atoms with Crippen LogP contribution in [0.25, 0.3) is 0 Å². The maximum Gasteiger partial charge on any atom is 0.240 e. The first-order valence-corrected chi connectivity index (χ1v) is 8.51. The van der Waals surface area contributed by atoms with Gasteiger partial charge in [0.2, 0.25) is 11.8 Å². The number of carbonyl (C=O) groups excluding carboxylic acids is 2. The van der Waals surface area contributed by atoms with Gasteiger partial charge in [-0.05, 0) is 32.0 Å². The fraction of sp³-hybridized carbons (Fsp3) is 0.556. The average Bonchev–Trinajstić information content (AvgIpc) is 3.43. The van der Waals surface area contributed by atoms with E-state index in [1.807, 2.05) is 11.9 Å². The van der Waals surface area contributed by atoms with E-state index in [4.69, 9.17) is 9.47 Å². The van der Waals surface area contributed by atoms with Crippen LogP contribution in [0.1, 0.15) is 12.8 Å². The Morgan fingerprint density at radius 1 is 1.08 bits per heavy atom. The van der Waals surface area contributed by atoms with Gasteiger partial charge < -0.3 is 24.6 Å². The Hall–Kier alpha value is -2.28. The van der Waals surface area contributed by atoms with Crippen molar-refractivity contribution >= 4 is 17.5 Å². The third-order valence-corrected chi connectivity index (χ3v) is 5.04. The maximum absolute atomic E-state index is 12.9. The number of nitrogens with zero attached hydrogens (tertiary/aromatic N) is 2. The summed E-state index contributed by atoms with van der Waals surface area (Å²) >= 11 is 0. The first kappa shape index (κ1) is 17.5. The standard InChI is InChI=1S/C18H25N3O4/c1-20-8-10-21(11-9-20)17(23)18(6-7-18)16(22)19-14-12-13(24-2)4-5-15(14)25-3/h4-5,12H,6-11H2,1-3H3,(H,19,22). The smallest absolute Gasteiger partial charge is 0.240 e. The predicted molar refractivity (Wildman–Crippen MR) is 93.9 cm³/mol. The zero-order valence-corrected chi connectivity index (χ0v) is 15.0. The van der Waals surface area contributed by atoms with Gasteiger partial charge in [0.25, 0.3) is 0 Å². The molecular formula is C18H25N3O4. The summed E-state index contributed by atoms with van der Waals surface area (Å²) in [5.41, 5.74) is -0.409. The highest BCUT2D eigenvalue weighted by molar-refractivity contribution is 6.13. The minimum absolute atomic E-state index is 0.0556. The van der Waals surface area contributed by atoms with Crippen LogP contribution in [0.2, 0.25) is 0 Å². The van der Waals surface area contributed by atoms with Gasteiger partial charge in [-0.3, -0.25) is 9.59 Å². The number of carbonyl (C=O) groups is 2. The van der Waals surface area contributed by atoms with Gasteiger partial charge in [0.15, 0.2) is 0 Å². The summed E-state index contributed by atoms with van der Waals surface area (Å²) in [5, 5.41) is 2.87. The molecule has 0 bridgehead atoms. The van der Waals surface area contributed by atoms with Gasteiger partial charge in [-0.25, -0.2) is 0 Å². The van der Waals surface area contributed by atoms with Crippen LogP contribution in [0.15, 0.2) is 18.2 Å². The van der Waals surface area contributed by atoms with Crippen molar-refractivity contribution in [1.29, 1.82) is 0 Å². The largest absolute Gasteiger partial charge is 0.497 e. The van der Waals surface area contributed by atoms with Crippen LogP contribution >= 0.6 is 0 Å². The Morgan fingerprint density at radius 3 is 2.32 bits per heavy atom. The molecule has 7 nitrogen and oxygen atoms in total. The number of hydrogen-bond donors (Lipinski definition) is 1. The van der Waals surface area contributed by atoms with Crippen LogP contribution in [0, 0.1) is 5.41 Å². The van der Waals surface area contributed by atoms with Gasteiger partial charge in [0.1, 0.15) is 16.9 Å². The van der Waals surface area contributed by atoms with Crippen LogP contribution in [0.3, 0.4) is 0 Å². The number of hydrogen-bond acceptors (Lipinski definition) is 5. The topological polar surface area (TPSA) is 71.1 Å². The summed E-state index contributed by atoms with van der Waals surface area (Å²) in [7, 11) is 5.14. The van der Waals surface area contributed by atoms with Gasteiger partial charge >= 0.3 is 0 Å². The van der Waals surface area contributed by atoms with Gasteiger partial charge in [-0.15, -0.1) is 0 Å². The number of benzene rings is 1. The van der Waals surface area contributed by atoms with Gasteiger partial charge in [0.05, 0.1) is 19.9 Å². The minimum Gasteiger partial charge on any atom is -0.497 e. The number of anilines is 1. The lowest BCUT2D eigenvalue weighted by Crippen LogP contribution is -2.51. The first-order chi connectivity index (χ1) is 12.0. The molecule has 25 heavy (non-hydrogen) atoms. The molecule has 1 aliphatic heterocycles. The lowest BCUT2D eigenvalue weighted by molar-refractivity contribution is -0.143. The number of amides is 2. The normalized spacial score (nSPS) is 19.2. The number of methoxy groups -OCH3 is 2. The minimum atomic E-state index is -0.927. The number of piperazine rings is 1. The van der Waals surface area contributed by atoms with Gasteiger partial charge in [0, 0.05) is 32.2 Å². The van der Waals surface area contributed by atoms with Crippen LogP contribution in [0.4, 0.5) is 5.69 Å². The van der Waals surface area contributed by atoms with Crippen molar-refractivity contribution in [1.82, 2.24) is 9.80 Å². The van der Waals surface area contributed by atoms with Crippen LogP contribution < -0.4 is 14.8 Å². The molecule has 0 aromatic heterocycles. The van der Waals surface area contributed by atoms with Crippen molar-refractivity contribution in [2.24, 2.45) is 5.41 Å². The van der Waals surface area contributed by atoms with E-state index in [2.05, 4.69) is 10.2 Å². The number of nitrogens with one attached hydrogen (secondary N) is 1. The zero-order valence-electron chi connectivity index (χ0n) is 15.0. The molecule has 1 aromatic carbocycles. The molecule has 0 radical (unpaired) electrons. The fourth-order valence-electron chi connectivity index (χ4n) is 3.13. The highest BCUT2D eigenvalue weighted by Crippen LogP contribution is 2.48. The molecule has 2 aliphatic rings. The molecule has 1 N–H and O–H groups in total. The number of rotatable bonds is 5. The Balaban J connectivity index is 1.73. The molecule has 1 aromatic rings. The first-order valence-electron chi connectivity index (χ1n) is 8.51. The van der Waals surface area contributed by atoms with Crippen molar-refractivity contribution in [2.75, 3.05) is 52.8 Å². The predicted octanol–water partition coefficient (Wildman–Crippen LogP) is 1.20. The van der Waals surface area contributed by atoms with E-state index in [9.17, 15) is 9.59 Å². The van der Waals surface area contributed by atoms with E-state index in [1.54, 1.807) is 32.4 Å². The van der Waals surface area contributed by atoms with Gasteiger partial charge in [-0.1, -0.05) is 0 Å². The monoisotopic (exact) mass is 347 g/mol. The average molecular weight is 347 g/mol. The highest BCUT2D eigenvalue weighted by Gasteiger charge is 2.58. The van der Waals surface area contributed by atoms with Crippen molar-refractivity contribution in [2.45, 2.75) is 12.8 Å². The second-order valence-electron chi connectivity index (χ2n) is 6.70. The fourth-order valence-corrected chi connectivity index (χ4v) is 3.13. The Kier molecular flexibility index (Phi) is 4.85. The van der Waals surface area contributed by atoms with Crippen LogP contribution in [-0.4, -0.2) is 69.1 Å². The van der Waals surface area contributed by atoms with Gasteiger partial charge in [-0.2, -0.15) is 0 Å². The maximum atomic E-state index is 12.9. The van der Waals surface area contributed by atoms with E-state index in [-0.39, 0.29) is 11.8 Å². The summed E-state index contributed by atoms with van der Waals surface area (Å²) in [6.45, 7) is 3.03. The van der Waals surface area contributed by atoms with Crippen LogP contribution in [-0.2, 0) is 9.59 Å². The molecule has 0 atom stereocenters. The lowest BCUT2D eigenvalue weighted by Gasteiger charge is -2.34. The Labute approximate surface area is 147 Å². The summed E-state index contributed by atoms with van der Waals surface area (Å²) in [5.74, 6) is 0.839. The van der Waals surface area contributed by atoms with E-state index < -0.39 is 5.41 Å². The van der Waals surface area contributed by atoms with Crippen molar-refractivity contribution in [3.8, 4) is 11.5 Å². The molecule has 7 heteroatoms.